The van der Waals surface area contributed by atoms with Crippen molar-refractivity contribution in [2.75, 3.05) is 0 Å². The van der Waals surface area contributed by atoms with Crippen LogP contribution in [0.2, 0.25) is 0 Å². The molecule has 112 valence electrons. The predicted octanol–water partition coefficient (Wildman–Crippen LogP) is 2.04. The highest BCUT2D eigenvalue weighted by atomic mass is 32.2. The highest BCUT2D eigenvalue weighted by Crippen LogP contribution is 2.37. The van der Waals surface area contributed by atoms with Gasteiger partial charge in [0, 0.05) is 23.1 Å². The summed E-state index contributed by atoms with van der Waals surface area (Å²) in [5.41, 5.74) is 9.17. The number of fused-ring (bicyclic) bond motifs is 2. The number of nitrogens with two attached hydrogens (primary N) is 2. The third-order valence-electron chi connectivity index (χ3n) is 3.81. The van der Waals surface area contributed by atoms with Gasteiger partial charge in [-0.2, -0.15) is 5.10 Å². The van der Waals surface area contributed by atoms with Crippen LogP contribution in [0, 0.1) is 0 Å². The number of rotatable bonds is 2. The summed E-state index contributed by atoms with van der Waals surface area (Å²) in [5.74, 6) is 4.89. The molecule has 2 heterocycles. The molecule has 1 atom stereocenters. The van der Waals surface area contributed by atoms with Gasteiger partial charge in [0.1, 0.15) is 5.03 Å². The molecule has 0 spiro atoms. The van der Waals surface area contributed by atoms with Crippen LogP contribution in [-0.2, 0) is 11.2 Å². The van der Waals surface area contributed by atoms with Crippen LogP contribution in [0.1, 0.15) is 29.5 Å². The van der Waals surface area contributed by atoms with Crippen LogP contribution < -0.4 is 11.6 Å². The molecule has 1 amide bonds. The molecule has 1 aromatic heterocycles. The fourth-order valence-corrected chi connectivity index (χ4v) is 3.52. The van der Waals surface area contributed by atoms with Crippen LogP contribution in [-0.4, -0.2) is 16.6 Å². The summed E-state index contributed by atoms with van der Waals surface area (Å²) >= 11 is 1.57. The number of aromatic nitrogens is 1. The lowest BCUT2D eigenvalue weighted by molar-refractivity contribution is -0.119. The average Bonchev–Trinajstić information content (AvgIpc) is 2.69. The van der Waals surface area contributed by atoms with E-state index in [9.17, 15) is 4.79 Å². The Morgan fingerprint density at radius 1 is 1.41 bits per heavy atom. The Balaban J connectivity index is 2.12. The number of benzene rings is 1. The SMILES string of the molecule is CC(C(N)=O)c1ccc2c(c1)Sc1ncccc1CC2=NN. The summed E-state index contributed by atoms with van der Waals surface area (Å²) in [6.07, 6.45) is 2.41. The van der Waals surface area contributed by atoms with E-state index in [2.05, 4.69) is 10.1 Å². The third-order valence-corrected chi connectivity index (χ3v) is 4.93. The van der Waals surface area contributed by atoms with Crippen LogP contribution >= 0.6 is 11.8 Å². The molecule has 22 heavy (non-hydrogen) atoms. The zero-order chi connectivity index (χ0) is 15.7. The maximum atomic E-state index is 11.4. The Labute approximate surface area is 132 Å². The van der Waals surface area contributed by atoms with Gasteiger partial charge < -0.3 is 11.6 Å². The van der Waals surface area contributed by atoms with Crippen molar-refractivity contribution in [2.24, 2.45) is 16.7 Å². The molecule has 0 radical (unpaired) electrons. The molecule has 3 rings (SSSR count). The Kier molecular flexibility index (Phi) is 3.85. The van der Waals surface area contributed by atoms with Crippen LogP contribution in [0.25, 0.3) is 0 Å². The van der Waals surface area contributed by atoms with Crippen LogP contribution in [0.15, 0.2) is 51.6 Å². The van der Waals surface area contributed by atoms with E-state index in [1.807, 2.05) is 30.3 Å². The highest BCUT2D eigenvalue weighted by molar-refractivity contribution is 7.99. The quantitative estimate of drug-likeness (QED) is 0.655. The number of pyridine rings is 1. The van der Waals surface area contributed by atoms with Crippen molar-refractivity contribution in [3.63, 3.8) is 0 Å². The number of carbonyl (C=O) groups is 1. The summed E-state index contributed by atoms with van der Waals surface area (Å²) in [6.45, 7) is 1.80. The second kappa shape index (κ2) is 5.81. The molecule has 1 aliphatic heterocycles. The molecule has 2 aromatic rings. The Hall–Kier alpha value is -2.34. The van der Waals surface area contributed by atoms with E-state index in [1.54, 1.807) is 24.9 Å². The maximum Gasteiger partial charge on any atom is 0.224 e. The molecular formula is C16H16N4OS. The summed E-state index contributed by atoms with van der Waals surface area (Å²) in [4.78, 5) is 16.8. The topological polar surface area (TPSA) is 94.4 Å². The van der Waals surface area contributed by atoms with Gasteiger partial charge in [0.05, 0.1) is 11.6 Å². The molecule has 1 aromatic carbocycles. The summed E-state index contributed by atoms with van der Waals surface area (Å²) < 4.78 is 0. The van der Waals surface area contributed by atoms with Crippen molar-refractivity contribution in [2.45, 2.75) is 29.2 Å². The van der Waals surface area contributed by atoms with Gasteiger partial charge in [0.2, 0.25) is 5.91 Å². The second-order valence-corrected chi connectivity index (χ2v) is 6.23. The normalized spacial score (nSPS) is 16.5. The smallest absolute Gasteiger partial charge is 0.224 e. The van der Waals surface area contributed by atoms with Gasteiger partial charge in [-0.05, 0) is 30.2 Å². The Morgan fingerprint density at radius 3 is 2.95 bits per heavy atom. The summed E-state index contributed by atoms with van der Waals surface area (Å²) in [7, 11) is 0. The van der Waals surface area contributed by atoms with Crippen LogP contribution in [0.5, 0.6) is 0 Å². The largest absolute Gasteiger partial charge is 0.369 e. The first-order valence-electron chi connectivity index (χ1n) is 6.92. The van der Waals surface area contributed by atoms with Crippen molar-refractivity contribution in [3.8, 4) is 0 Å². The lowest BCUT2D eigenvalue weighted by Crippen LogP contribution is -2.19. The highest BCUT2D eigenvalue weighted by Gasteiger charge is 2.21. The maximum absolute atomic E-state index is 11.4. The minimum atomic E-state index is -0.343. The van der Waals surface area contributed by atoms with Gasteiger partial charge in [-0.3, -0.25) is 4.79 Å². The number of primary amides is 1. The van der Waals surface area contributed by atoms with E-state index in [0.29, 0.717) is 6.42 Å². The lowest BCUT2D eigenvalue weighted by Gasteiger charge is -2.12. The summed E-state index contributed by atoms with van der Waals surface area (Å²) in [6, 6.07) is 9.77. The van der Waals surface area contributed by atoms with E-state index in [4.69, 9.17) is 11.6 Å². The number of amides is 1. The molecule has 6 heteroatoms. The molecule has 4 N–H and O–H groups in total. The Bertz CT molecular complexity index is 772. The molecular weight excluding hydrogens is 296 g/mol. The monoisotopic (exact) mass is 312 g/mol. The predicted molar refractivity (Wildman–Crippen MR) is 86.8 cm³/mol. The first-order valence-corrected chi connectivity index (χ1v) is 7.74. The van der Waals surface area contributed by atoms with Crippen molar-refractivity contribution in [1.82, 2.24) is 4.98 Å². The standard InChI is InChI=1S/C16H16N4OS/c1-9(15(17)21)10-4-5-12-13(20-18)7-11-3-2-6-19-16(11)22-14(12)8-10/h2-6,8-9H,7,18H2,1H3,(H2,17,21). The molecule has 0 saturated carbocycles. The third kappa shape index (κ3) is 2.57. The first-order chi connectivity index (χ1) is 10.6. The molecule has 0 aliphatic carbocycles. The number of nitrogens with zero attached hydrogens (tertiary/aromatic N) is 2. The molecule has 5 nitrogen and oxygen atoms in total. The zero-order valence-corrected chi connectivity index (χ0v) is 12.9. The fraction of sp³-hybridized carbons (Fsp3) is 0.188. The minimum Gasteiger partial charge on any atom is -0.369 e. The number of hydrazone groups is 1. The molecule has 0 bridgehead atoms. The van der Waals surface area contributed by atoms with Gasteiger partial charge in [-0.25, -0.2) is 4.98 Å². The number of hydrogen-bond donors (Lipinski definition) is 2. The lowest BCUT2D eigenvalue weighted by atomic mass is 9.96. The van der Waals surface area contributed by atoms with Gasteiger partial charge >= 0.3 is 0 Å². The van der Waals surface area contributed by atoms with E-state index in [0.717, 1.165) is 32.3 Å². The first kappa shape index (κ1) is 14.6. The van der Waals surface area contributed by atoms with Crippen molar-refractivity contribution < 1.29 is 4.79 Å². The minimum absolute atomic E-state index is 0.337. The fourth-order valence-electron chi connectivity index (χ4n) is 2.44. The van der Waals surface area contributed by atoms with Crippen molar-refractivity contribution in [3.05, 3.63) is 53.2 Å². The second-order valence-electron chi connectivity index (χ2n) is 5.20. The van der Waals surface area contributed by atoms with E-state index >= 15 is 0 Å². The van der Waals surface area contributed by atoms with E-state index < -0.39 is 0 Å². The summed E-state index contributed by atoms with van der Waals surface area (Å²) in [5, 5.41) is 4.88. The van der Waals surface area contributed by atoms with Gasteiger partial charge in [-0.1, -0.05) is 30.0 Å². The van der Waals surface area contributed by atoms with Crippen molar-refractivity contribution in [1.29, 1.82) is 0 Å². The van der Waals surface area contributed by atoms with Gasteiger partial charge in [0.25, 0.3) is 0 Å². The molecule has 0 saturated heterocycles. The Morgan fingerprint density at radius 2 is 2.23 bits per heavy atom. The number of carbonyl (C=O) groups excluding carboxylic acids is 1. The molecule has 0 fully saturated rings. The van der Waals surface area contributed by atoms with Crippen LogP contribution in [0.3, 0.4) is 0 Å². The van der Waals surface area contributed by atoms with E-state index in [1.165, 1.54) is 0 Å². The average molecular weight is 312 g/mol. The van der Waals surface area contributed by atoms with Gasteiger partial charge in [0.15, 0.2) is 0 Å². The van der Waals surface area contributed by atoms with E-state index in [-0.39, 0.29) is 11.8 Å². The van der Waals surface area contributed by atoms with Crippen LogP contribution in [0.4, 0.5) is 0 Å². The molecule has 1 aliphatic rings. The number of hydrogen-bond acceptors (Lipinski definition) is 5. The molecule has 1 unspecified atom stereocenters. The zero-order valence-electron chi connectivity index (χ0n) is 12.1. The van der Waals surface area contributed by atoms with Crippen molar-refractivity contribution >= 4 is 23.4 Å². The van der Waals surface area contributed by atoms with Gasteiger partial charge in [-0.15, -0.1) is 0 Å².